The number of hydrogen-bond acceptors (Lipinski definition) is 6. The molecule has 0 amide bonds. The van der Waals surface area contributed by atoms with Crippen molar-refractivity contribution in [3.63, 3.8) is 0 Å². The number of rotatable bonds is 52. The number of esters is 3. The first-order valence-corrected chi connectivity index (χ1v) is 29.2. The minimum absolute atomic E-state index is 0.0893. The molecule has 0 fully saturated rings. The Morgan fingerprint density at radius 1 is 0.300 bits per heavy atom. The van der Waals surface area contributed by atoms with E-state index in [1.807, 2.05) is 0 Å². The molecule has 0 saturated carbocycles. The third kappa shape index (κ3) is 55.3. The lowest BCUT2D eigenvalue weighted by Crippen LogP contribution is -2.30. The van der Waals surface area contributed by atoms with E-state index in [1.54, 1.807) is 0 Å². The smallest absolute Gasteiger partial charge is 0.306 e. The van der Waals surface area contributed by atoms with Gasteiger partial charge in [0.25, 0.3) is 0 Å². The summed E-state index contributed by atoms with van der Waals surface area (Å²) in [5.74, 6) is -0.912. The standard InChI is InChI=1S/C64H108O6/c1-4-7-10-13-16-19-22-25-28-31-34-36-39-42-45-48-51-54-57-63(66)69-60-61(70-64(67)58-55-52-49-46-43-40-37-33-30-27-24-21-18-15-12-9-6-3)59-68-62(65)56-53-50-47-44-41-38-35-32-29-26-23-20-17-14-11-8-5-2/h8-9,11-12,17-22,26-31,61H,4-7,10,13-16,23-25,32-60H2,1-3H3/b11-8-,12-9-,20-17-,21-18-,22-19-,29-26-,30-27-,31-28-. The lowest BCUT2D eigenvalue weighted by molar-refractivity contribution is -0.167. The van der Waals surface area contributed by atoms with Gasteiger partial charge in [0.05, 0.1) is 0 Å². The average molecular weight is 974 g/mol. The van der Waals surface area contributed by atoms with Gasteiger partial charge in [0, 0.05) is 19.3 Å². The predicted octanol–water partition coefficient (Wildman–Crippen LogP) is 19.7. The number of allylic oxidation sites excluding steroid dienone is 16. The van der Waals surface area contributed by atoms with Gasteiger partial charge in [-0.2, -0.15) is 0 Å². The first kappa shape index (κ1) is 66.3. The van der Waals surface area contributed by atoms with Crippen molar-refractivity contribution in [1.29, 1.82) is 0 Å². The Balaban J connectivity index is 4.43. The number of ether oxygens (including phenoxy) is 3. The van der Waals surface area contributed by atoms with Crippen LogP contribution in [0.15, 0.2) is 97.2 Å². The number of unbranched alkanes of at least 4 members (excludes halogenated alkanes) is 25. The molecule has 1 unspecified atom stereocenters. The maximum atomic E-state index is 12.9. The molecule has 1 atom stereocenters. The Morgan fingerprint density at radius 2 is 0.557 bits per heavy atom. The molecule has 6 heteroatoms. The predicted molar refractivity (Wildman–Crippen MR) is 302 cm³/mol. The van der Waals surface area contributed by atoms with Crippen molar-refractivity contribution in [3.8, 4) is 0 Å². The van der Waals surface area contributed by atoms with Crippen LogP contribution >= 0.6 is 0 Å². The van der Waals surface area contributed by atoms with Crippen LogP contribution in [0.1, 0.15) is 271 Å². The van der Waals surface area contributed by atoms with E-state index in [4.69, 9.17) is 14.2 Å². The van der Waals surface area contributed by atoms with Gasteiger partial charge in [-0.1, -0.05) is 234 Å². The van der Waals surface area contributed by atoms with Crippen molar-refractivity contribution in [1.82, 2.24) is 0 Å². The fraction of sp³-hybridized carbons (Fsp3) is 0.703. The zero-order valence-corrected chi connectivity index (χ0v) is 45.8. The van der Waals surface area contributed by atoms with E-state index in [0.29, 0.717) is 19.3 Å². The number of hydrogen-bond donors (Lipinski definition) is 0. The highest BCUT2D eigenvalue weighted by Crippen LogP contribution is 2.15. The van der Waals surface area contributed by atoms with E-state index in [0.717, 1.165) is 122 Å². The van der Waals surface area contributed by atoms with Crippen LogP contribution in [-0.2, 0) is 28.6 Å². The summed E-state index contributed by atoms with van der Waals surface area (Å²) in [6, 6.07) is 0. The Kier molecular flexibility index (Phi) is 54.9. The molecule has 0 spiro atoms. The van der Waals surface area contributed by atoms with Crippen LogP contribution in [0.5, 0.6) is 0 Å². The maximum absolute atomic E-state index is 12.9. The Labute approximate surface area is 432 Å². The van der Waals surface area contributed by atoms with Crippen molar-refractivity contribution in [2.75, 3.05) is 13.2 Å². The lowest BCUT2D eigenvalue weighted by Gasteiger charge is -2.18. The molecule has 0 aromatic rings. The molecule has 0 aliphatic heterocycles. The molecule has 70 heavy (non-hydrogen) atoms. The summed E-state index contributed by atoms with van der Waals surface area (Å²) in [6.45, 7) is 6.39. The Bertz CT molecular complexity index is 1400. The van der Waals surface area contributed by atoms with Gasteiger partial charge in [-0.05, 0) is 116 Å². The SMILES string of the molecule is CC/C=C\C/C=C\C/C=C\CCCCCCCCCC(=O)OCC(COC(=O)CCCCCCCCC/C=C\C/C=C\CCCCCC)OC(=O)CCCCCCCCC/C=C\C/C=C\C/C=C\CC. The van der Waals surface area contributed by atoms with E-state index in [1.165, 1.54) is 109 Å². The van der Waals surface area contributed by atoms with E-state index in [2.05, 4.69) is 118 Å². The van der Waals surface area contributed by atoms with Crippen molar-refractivity contribution in [2.45, 2.75) is 277 Å². The van der Waals surface area contributed by atoms with Gasteiger partial charge < -0.3 is 14.2 Å². The third-order valence-electron chi connectivity index (χ3n) is 12.3. The average Bonchev–Trinajstić information content (AvgIpc) is 3.36. The summed E-state index contributed by atoms with van der Waals surface area (Å²) in [6.07, 6.45) is 76.8. The molecule has 0 aliphatic rings. The topological polar surface area (TPSA) is 78.9 Å². The normalized spacial score (nSPS) is 12.8. The van der Waals surface area contributed by atoms with Crippen molar-refractivity contribution < 1.29 is 28.6 Å². The highest BCUT2D eigenvalue weighted by molar-refractivity contribution is 5.71. The van der Waals surface area contributed by atoms with Crippen LogP contribution in [0, 0.1) is 0 Å². The highest BCUT2D eigenvalue weighted by Gasteiger charge is 2.19. The van der Waals surface area contributed by atoms with Crippen LogP contribution in [-0.4, -0.2) is 37.2 Å². The molecule has 0 rings (SSSR count). The van der Waals surface area contributed by atoms with E-state index in [9.17, 15) is 14.4 Å². The molecule has 6 nitrogen and oxygen atoms in total. The van der Waals surface area contributed by atoms with Gasteiger partial charge in [0.15, 0.2) is 6.10 Å². The van der Waals surface area contributed by atoms with Crippen molar-refractivity contribution in [2.24, 2.45) is 0 Å². The first-order valence-electron chi connectivity index (χ1n) is 29.2. The van der Waals surface area contributed by atoms with E-state index >= 15 is 0 Å². The van der Waals surface area contributed by atoms with Crippen LogP contribution in [0.2, 0.25) is 0 Å². The second kappa shape index (κ2) is 57.9. The number of carbonyl (C=O) groups is 3. The molecule has 0 aromatic heterocycles. The Morgan fingerprint density at radius 3 is 0.871 bits per heavy atom. The van der Waals surface area contributed by atoms with E-state index < -0.39 is 6.10 Å². The fourth-order valence-electron chi connectivity index (χ4n) is 7.97. The minimum atomic E-state index is -0.792. The summed E-state index contributed by atoms with van der Waals surface area (Å²) in [4.78, 5) is 38.2. The summed E-state index contributed by atoms with van der Waals surface area (Å²) in [5, 5.41) is 0. The molecular weight excluding hydrogens is 865 g/mol. The van der Waals surface area contributed by atoms with Crippen LogP contribution < -0.4 is 0 Å². The Hall–Kier alpha value is -3.67. The molecule has 0 N–H and O–H groups in total. The molecular formula is C64H108O6. The summed E-state index contributed by atoms with van der Waals surface area (Å²) in [5.41, 5.74) is 0. The molecule has 0 saturated heterocycles. The summed E-state index contributed by atoms with van der Waals surface area (Å²) < 4.78 is 16.9. The van der Waals surface area contributed by atoms with Crippen LogP contribution in [0.4, 0.5) is 0 Å². The van der Waals surface area contributed by atoms with Gasteiger partial charge >= 0.3 is 17.9 Å². The van der Waals surface area contributed by atoms with Gasteiger partial charge in [0.2, 0.25) is 0 Å². The van der Waals surface area contributed by atoms with Gasteiger partial charge in [-0.3, -0.25) is 14.4 Å². The lowest BCUT2D eigenvalue weighted by atomic mass is 10.1. The molecule has 0 aliphatic carbocycles. The second-order valence-corrected chi connectivity index (χ2v) is 19.1. The van der Waals surface area contributed by atoms with Crippen LogP contribution in [0.25, 0.3) is 0 Å². The first-order chi connectivity index (χ1) is 34.5. The summed E-state index contributed by atoms with van der Waals surface area (Å²) in [7, 11) is 0. The minimum Gasteiger partial charge on any atom is -0.462 e. The largest absolute Gasteiger partial charge is 0.462 e. The monoisotopic (exact) mass is 973 g/mol. The molecule has 0 aromatic carbocycles. The van der Waals surface area contributed by atoms with Crippen LogP contribution in [0.3, 0.4) is 0 Å². The zero-order valence-electron chi connectivity index (χ0n) is 45.8. The summed E-state index contributed by atoms with van der Waals surface area (Å²) >= 11 is 0. The quantitative estimate of drug-likeness (QED) is 0.0262. The van der Waals surface area contributed by atoms with E-state index in [-0.39, 0.29) is 31.1 Å². The molecule has 0 heterocycles. The van der Waals surface area contributed by atoms with Gasteiger partial charge in [-0.25, -0.2) is 0 Å². The van der Waals surface area contributed by atoms with Crippen molar-refractivity contribution >= 4 is 17.9 Å². The van der Waals surface area contributed by atoms with Gasteiger partial charge in [-0.15, -0.1) is 0 Å². The van der Waals surface area contributed by atoms with Crippen molar-refractivity contribution in [3.05, 3.63) is 97.2 Å². The highest BCUT2D eigenvalue weighted by atomic mass is 16.6. The molecule has 400 valence electrons. The third-order valence-corrected chi connectivity index (χ3v) is 12.3. The fourth-order valence-corrected chi connectivity index (χ4v) is 7.97. The maximum Gasteiger partial charge on any atom is 0.306 e. The zero-order chi connectivity index (χ0) is 50.7. The molecule has 0 bridgehead atoms. The molecule has 0 radical (unpaired) electrons. The number of carbonyl (C=O) groups excluding carboxylic acids is 3. The second-order valence-electron chi connectivity index (χ2n) is 19.1. The van der Waals surface area contributed by atoms with Gasteiger partial charge in [0.1, 0.15) is 13.2 Å².